The van der Waals surface area contributed by atoms with Gasteiger partial charge in [0.25, 0.3) is 0 Å². The van der Waals surface area contributed by atoms with E-state index in [-0.39, 0.29) is 19.8 Å². The van der Waals surface area contributed by atoms with Crippen molar-refractivity contribution in [3.8, 4) is 5.75 Å². The summed E-state index contributed by atoms with van der Waals surface area (Å²) in [6.07, 6.45) is 21.7. The topological polar surface area (TPSA) is 91.3 Å². The highest BCUT2D eigenvalue weighted by molar-refractivity contribution is 7.47. The Bertz CT molecular complexity index is 779. The van der Waals surface area contributed by atoms with Gasteiger partial charge in [0.05, 0.1) is 26.9 Å². The molecule has 7 nitrogen and oxygen atoms in total. The minimum Gasteiger partial charge on any atom is -0.497 e. The molecule has 0 saturated heterocycles. The zero-order valence-electron chi connectivity index (χ0n) is 23.7. The van der Waals surface area contributed by atoms with Crippen LogP contribution in [0.15, 0.2) is 30.3 Å². The zero-order valence-corrected chi connectivity index (χ0v) is 24.6. The number of hydrogen-bond acceptors (Lipinski definition) is 6. The molecule has 0 bridgehead atoms. The molecule has 1 N–H and O–H groups in total. The summed E-state index contributed by atoms with van der Waals surface area (Å²) >= 11 is 0. The second kappa shape index (κ2) is 23.2. The minimum atomic E-state index is -4.03. The average Bonchev–Trinajstić information content (AvgIpc) is 2.91. The number of unbranched alkanes of at least 4 members (excludes halogenated alkanes) is 14. The summed E-state index contributed by atoms with van der Waals surface area (Å²) in [5.41, 5.74) is 0.865. The summed E-state index contributed by atoms with van der Waals surface area (Å²) in [5, 5.41) is 0. The van der Waals surface area contributed by atoms with Crippen molar-refractivity contribution in [2.45, 2.75) is 110 Å². The SMILES string of the molecule is CCCCCCCCCCCCCCCCOP(=O)(O)OCCCCOC(=O)/C=C\c1ccc(OC)cc1. The Kier molecular flexibility index (Phi) is 21.0. The van der Waals surface area contributed by atoms with Gasteiger partial charge < -0.3 is 14.4 Å². The molecule has 1 aromatic carbocycles. The van der Waals surface area contributed by atoms with Gasteiger partial charge in [-0.25, -0.2) is 9.36 Å². The smallest absolute Gasteiger partial charge is 0.472 e. The summed E-state index contributed by atoms with van der Waals surface area (Å²) in [7, 11) is -2.43. The van der Waals surface area contributed by atoms with Crippen molar-refractivity contribution in [2.75, 3.05) is 26.9 Å². The molecule has 0 fully saturated rings. The first-order valence-corrected chi connectivity index (χ1v) is 16.1. The van der Waals surface area contributed by atoms with E-state index in [0.717, 1.165) is 30.6 Å². The molecule has 0 aliphatic carbocycles. The quantitative estimate of drug-likeness (QED) is 0.0560. The summed E-state index contributed by atoms with van der Waals surface area (Å²) in [6, 6.07) is 7.31. The van der Waals surface area contributed by atoms with Gasteiger partial charge in [-0.15, -0.1) is 0 Å². The van der Waals surface area contributed by atoms with E-state index in [1.165, 1.54) is 76.7 Å². The molecule has 0 aliphatic heterocycles. The van der Waals surface area contributed by atoms with E-state index in [0.29, 0.717) is 12.8 Å². The average molecular weight is 555 g/mol. The molecule has 0 aliphatic rings. The second-order valence-corrected chi connectivity index (χ2v) is 11.2. The van der Waals surface area contributed by atoms with Crippen molar-refractivity contribution in [2.24, 2.45) is 0 Å². The van der Waals surface area contributed by atoms with Crippen LogP contribution < -0.4 is 4.74 Å². The van der Waals surface area contributed by atoms with Gasteiger partial charge in [-0.05, 0) is 43.0 Å². The van der Waals surface area contributed by atoms with Crippen LogP contribution in [0.2, 0.25) is 0 Å². The van der Waals surface area contributed by atoms with Crippen molar-refractivity contribution >= 4 is 19.9 Å². The third kappa shape index (κ3) is 20.3. The molecule has 0 saturated carbocycles. The molecular weight excluding hydrogens is 503 g/mol. The van der Waals surface area contributed by atoms with Gasteiger partial charge in [0.1, 0.15) is 5.75 Å². The lowest BCUT2D eigenvalue weighted by molar-refractivity contribution is -0.137. The monoisotopic (exact) mass is 554 g/mol. The Morgan fingerprint density at radius 2 is 1.18 bits per heavy atom. The van der Waals surface area contributed by atoms with Crippen LogP contribution in [-0.4, -0.2) is 37.8 Å². The first-order valence-electron chi connectivity index (χ1n) is 14.6. The number of carbonyl (C=O) groups is 1. The van der Waals surface area contributed by atoms with Crippen LogP contribution in [0.5, 0.6) is 5.75 Å². The highest BCUT2D eigenvalue weighted by atomic mass is 31.2. The Morgan fingerprint density at radius 1 is 0.737 bits per heavy atom. The Balaban J connectivity index is 1.91. The van der Waals surface area contributed by atoms with Crippen LogP contribution in [-0.2, 0) is 23.1 Å². The third-order valence-corrected chi connectivity index (χ3v) is 7.34. The van der Waals surface area contributed by atoms with Gasteiger partial charge in [0.2, 0.25) is 0 Å². The number of benzene rings is 1. The minimum absolute atomic E-state index is 0.0752. The van der Waals surface area contributed by atoms with E-state index in [9.17, 15) is 14.3 Å². The van der Waals surface area contributed by atoms with Crippen molar-refractivity contribution in [1.29, 1.82) is 0 Å². The molecule has 38 heavy (non-hydrogen) atoms. The molecule has 8 heteroatoms. The molecule has 218 valence electrons. The summed E-state index contributed by atoms with van der Waals surface area (Å²) in [5.74, 6) is 0.311. The van der Waals surface area contributed by atoms with Gasteiger partial charge in [0, 0.05) is 6.08 Å². The third-order valence-electron chi connectivity index (χ3n) is 6.32. The largest absolute Gasteiger partial charge is 0.497 e. The van der Waals surface area contributed by atoms with E-state index in [1.54, 1.807) is 13.2 Å². The van der Waals surface area contributed by atoms with Crippen molar-refractivity contribution < 1.29 is 32.8 Å². The molecule has 0 heterocycles. The number of ether oxygens (including phenoxy) is 2. The van der Waals surface area contributed by atoms with Crippen LogP contribution in [0.1, 0.15) is 115 Å². The van der Waals surface area contributed by atoms with Crippen molar-refractivity contribution in [1.82, 2.24) is 0 Å². The lowest BCUT2D eigenvalue weighted by Gasteiger charge is -2.12. The normalized spacial score (nSPS) is 13.0. The summed E-state index contributed by atoms with van der Waals surface area (Å²) in [6.45, 7) is 2.77. The highest BCUT2D eigenvalue weighted by Gasteiger charge is 2.20. The fourth-order valence-electron chi connectivity index (χ4n) is 4.00. The van der Waals surface area contributed by atoms with Gasteiger partial charge in [0.15, 0.2) is 0 Å². The predicted octanol–water partition coefficient (Wildman–Crippen LogP) is 8.65. The molecule has 0 radical (unpaired) electrons. The number of phosphoric ester groups is 1. The molecule has 0 spiro atoms. The fraction of sp³-hybridized carbons (Fsp3) is 0.700. The fourth-order valence-corrected chi connectivity index (χ4v) is 4.79. The number of phosphoric acid groups is 1. The van der Waals surface area contributed by atoms with Crippen LogP contribution in [0.25, 0.3) is 6.08 Å². The van der Waals surface area contributed by atoms with Crippen molar-refractivity contribution in [3.05, 3.63) is 35.9 Å². The van der Waals surface area contributed by atoms with Crippen LogP contribution in [0.4, 0.5) is 0 Å². The van der Waals surface area contributed by atoms with E-state index < -0.39 is 13.8 Å². The molecule has 0 aromatic heterocycles. The van der Waals surface area contributed by atoms with E-state index >= 15 is 0 Å². The number of esters is 1. The summed E-state index contributed by atoms with van der Waals surface area (Å²) in [4.78, 5) is 21.6. The lowest BCUT2D eigenvalue weighted by Crippen LogP contribution is -2.04. The van der Waals surface area contributed by atoms with E-state index in [2.05, 4.69) is 6.92 Å². The first-order chi connectivity index (χ1) is 18.5. The van der Waals surface area contributed by atoms with Crippen molar-refractivity contribution in [3.63, 3.8) is 0 Å². The number of rotatable bonds is 25. The van der Waals surface area contributed by atoms with E-state index in [1.807, 2.05) is 24.3 Å². The van der Waals surface area contributed by atoms with Gasteiger partial charge in [-0.1, -0.05) is 103 Å². The maximum atomic E-state index is 12.0. The standard InChI is InChI=1S/C30H51O7P/c1-3-4-5-6-7-8-9-10-11-12-13-14-15-16-26-36-38(32,33)37-27-18-17-25-35-30(31)24-21-28-19-22-29(34-2)23-20-28/h19-24H,3-18,25-27H2,1-2H3,(H,32,33)/b24-21-. The zero-order chi connectivity index (χ0) is 27.7. The number of methoxy groups -OCH3 is 1. The maximum absolute atomic E-state index is 12.0. The predicted molar refractivity (Wildman–Crippen MR) is 154 cm³/mol. The Hall–Kier alpha value is -1.66. The van der Waals surface area contributed by atoms with Gasteiger partial charge >= 0.3 is 13.8 Å². The Labute approximate surface area is 230 Å². The molecule has 1 atom stereocenters. The molecule has 1 rings (SSSR count). The number of hydrogen-bond donors (Lipinski definition) is 1. The van der Waals surface area contributed by atoms with Crippen LogP contribution >= 0.6 is 7.82 Å². The van der Waals surface area contributed by atoms with Gasteiger partial charge in [-0.3, -0.25) is 9.05 Å². The van der Waals surface area contributed by atoms with E-state index in [4.69, 9.17) is 18.5 Å². The Morgan fingerprint density at radius 3 is 1.68 bits per heavy atom. The number of carbonyl (C=O) groups excluding carboxylic acids is 1. The van der Waals surface area contributed by atoms with Gasteiger partial charge in [-0.2, -0.15) is 0 Å². The molecule has 0 amide bonds. The maximum Gasteiger partial charge on any atom is 0.472 e. The molecule has 1 aromatic rings. The first kappa shape index (κ1) is 34.4. The molecule has 1 unspecified atom stereocenters. The van der Waals surface area contributed by atoms with Crippen LogP contribution in [0, 0.1) is 0 Å². The lowest BCUT2D eigenvalue weighted by atomic mass is 10.0. The second-order valence-electron chi connectivity index (χ2n) is 9.71. The summed E-state index contributed by atoms with van der Waals surface area (Å²) < 4.78 is 32.2. The van der Waals surface area contributed by atoms with Crippen LogP contribution in [0.3, 0.4) is 0 Å². The highest BCUT2D eigenvalue weighted by Crippen LogP contribution is 2.43. The molecular formula is C30H51O7P.